The first kappa shape index (κ1) is 14.0. The van der Waals surface area contributed by atoms with Crippen molar-refractivity contribution >= 4 is 5.69 Å². The highest BCUT2D eigenvalue weighted by Crippen LogP contribution is 2.26. The van der Waals surface area contributed by atoms with Gasteiger partial charge in [0.05, 0.1) is 0 Å². The van der Waals surface area contributed by atoms with Crippen molar-refractivity contribution in [2.75, 3.05) is 18.5 Å². The molecule has 0 heterocycles. The van der Waals surface area contributed by atoms with E-state index in [0.717, 1.165) is 13.0 Å². The molecule has 0 aliphatic carbocycles. The van der Waals surface area contributed by atoms with Crippen LogP contribution in [0.3, 0.4) is 0 Å². The molecule has 0 bridgehead atoms. The van der Waals surface area contributed by atoms with E-state index in [2.05, 4.69) is 57.0 Å². The van der Waals surface area contributed by atoms with Gasteiger partial charge in [-0.05, 0) is 24.0 Å². The first-order valence-electron chi connectivity index (χ1n) is 6.65. The van der Waals surface area contributed by atoms with Crippen LogP contribution < -0.4 is 10.6 Å². The number of rotatable bonds is 6. The van der Waals surface area contributed by atoms with Crippen LogP contribution in [0.5, 0.6) is 0 Å². The molecule has 0 aliphatic rings. The molecule has 2 nitrogen and oxygen atoms in total. The summed E-state index contributed by atoms with van der Waals surface area (Å²) in [5.74, 6) is 0.714. The minimum Gasteiger partial charge on any atom is -0.374 e. The molecule has 0 saturated heterocycles. The molecule has 1 aromatic carbocycles. The molecule has 0 spiro atoms. The first-order chi connectivity index (χ1) is 8.10. The van der Waals surface area contributed by atoms with E-state index in [9.17, 15) is 0 Å². The van der Waals surface area contributed by atoms with Gasteiger partial charge < -0.3 is 10.6 Å². The Morgan fingerprint density at radius 2 is 1.82 bits per heavy atom. The molecule has 96 valence electrons. The van der Waals surface area contributed by atoms with E-state index in [4.69, 9.17) is 5.73 Å². The quantitative estimate of drug-likeness (QED) is 0.815. The smallest absolute Gasteiger partial charge is 0.0412 e. The summed E-state index contributed by atoms with van der Waals surface area (Å²) in [4.78, 5) is 2.33. The van der Waals surface area contributed by atoms with Gasteiger partial charge in [-0.1, -0.05) is 45.4 Å². The molecule has 0 saturated carbocycles. The topological polar surface area (TPSA) is 29.3 Å². The van der Waals surface area contributed by atoms with Gasteiger partial charge in [-0.3, -0.25) is 0 Å². The standard InChI is InChI=1S/C15H26N2/c1-5-12(3)11-17(4)15-10-8-7-9-13(15)14(16)6-2/h7-10,12,14H,5-6,11,16H2,1-4H3/t12?,14-/m0/s1. The zero-order valence-electron chi connectivity index (χ0n) is 11.6. The summed E-state index contributed by atoms with van der Waals surface area (Å²) in [6, 6.07) is 8.63. The summed E-state index contributed by atoms with van der Waals surface area (Å²) >= 11 is 0. The van der Waals surface area contributed by atoms with Crippen LogP contribution in [-0.2, 0) is 0 Å². The van der Waals surface area contributed by atoms with Crippen LogP contribution in [0.1, 0.15) is 45.2 Å². The van der Waals surface area contributed by atoms with Crippen molar-refractivity contribution in [3.8, 4) is 0 Å². The van der Waals surface area contributed by atoms with Crippen LogP contribution in [0.2, 0.25) is 0 Å². The summed E-state index contributed by atoms with van der Waals surface area (Å²) in [5, 5.41) is 0. The Balaban J connectivity index is 2.88. The molecule has 2 atom stereocenters. The van der Waals surface area contributed by atoms with E-state index in [-0.39, 0.29) is 6.04 Å². The number of hydrogen-bond acceptors (Lipinski definition) is 2. The first-order valence-corrected chi connectivity index (χ1v) is 6.65. The molecule has 17 heavy (non-hydrogen) atoms. The number of nitrogens with zero attached hydrogens (tertiary/aromatic N) is 1. The summed E-state index contributed by atoms with van der Waals surface area (Å²) in [5.41, 5.74) is 8.71. The van der Waals surface area contributed by atoms with Gasteiger partial charge in [-0.15, -0.1) is 0 Å². The molecule has 0 fully saturated rings. The molecule has 1 unspecified atom stereocenters. The number of hydrogen-bond donors (Lipinski definition) is 1. The maximum absolute atomic E-state index is 6.17. The fourth-order valence-electron chi connectivity index (χ4n) is 2.06. The molecule has 0 aliphatic heterocycles. The molecule has 1 aromatic rings. The average molecular weight is 234 g/mol. The maximum Gasteiger partial charge on any atom is 0.0412 e. The summed E-state index contributed by atoms with van der Waals surface area (Å²) < 4.78 is 0. The van der Waals surface area contributed by atoms with Crippen LogP contribution in [0.25, 0.3) is 0 Å². The molecule has 1 rings (SSSR count). The predicted octanol–water partition coefficient (Wildman–Crippen LogP) is 3.58. The number of benzene rings is 1. The molecular weight excluding hydrogens is 208 g/mol. The van der Waals surface area contributed by atoms with Gasteiger partial charge in [-0.25, -0.2) is 0 Å². The van der Waals surface area contributed by atoms with Crippen molar-refractivity contribution in [3.05, 3.63) is 29.8 Å². The van der Waals surface area contributed by atoms with Crippen LogP contribution in [0, 0.1) is 5.92 Å². The normalized spacial score (nSPS) is 14.4. The van der Waals surface area contributed by atoms with Gasteiger partial charge in [0.1, 0.15) is 0 Å². The highest BCUT2D eigenvalue weighted by atomic mass is 15.1. The molecule has 0 amide bonds. The van der Waals surface area contributed by atoms with Crippen LogP contribution in [0.4, 0.5) is 5.69 Å². The van der Waals surface area contributed by atoms with E-state index >= 15 is 0 Å². The average Bonchev–Trinajstić information content (AvgIpc) is 2.37. The highest BCUT2D eigenvalue weighted by molar-refractivity contribution is 5.54. The lowest BCUT2D eigenvalue weighted by Gasteiger charge is -2.27. The maximum atomic E-state index is 6.17. The van der Waals surface area contributed by atoms with Crippen molar-refractivity contribution in [1.82, 2.24) is 0 Å². The van der Waals surface area contributed by atoms with Crippen LogP contribution in [0.15, 0.2) is 24.3 Å². The van der Waals surface area contributed by atoms with Crippen LogP contribution in [-0.4, -0.2) is 13.6 Å². The molecule has 0 radical (unpaired) electrons. The van der Waals surface area contributed by atoms with E-state index in [0.29, 0.717) is 5.92 Å². The lowest BCUT2D eigenvalue weighted by Crippen LogP contribution is -2.26. The summed E-state index contributed by atoms with van der Waals surface area (Å²) in [6.45, 7) is 7.75. The Hall–Kier alpha value is -1.02. The van der Waals surface area contributed by atoms with Gasteiger partial charge >= 0.3 is 0 Å². The Labute approximate surface area is 106 Å². The van der Waals surface area contributed by atoms with E-state index in [1.807, 2.05) is 0 Å². The number of anilines is 1. The van der Waals surface area contributed by atoms with E-state index in [1.165, 1.54) is 17.7 Å². The van der Waals surface area contributed by atoms with E-state index in [1.54, 1.807) is 0 Å². The fourth-order valence-corrected chi connectivity index (χ4v) is 2.06. The molecule has 2 N–H and O–H groups in total. The van der Waals surface area contributed by atoms with Crippen molar-refractivity contribution in [2.24, 2.45) is 11.7 Å². The predicted molar refractivity (Wildman–Crippen MR) is 76.4 cm³/mol. The Morgan fingerprint density at radius 3 is 2.41 bits per heavy atom. The zero-order chi connectivity index (χ0) is 12.8. The third-order valence-electron chi connectivity index (χ3n) is 3.47. The van der Waals surface area contributed by atoms with Gasteiger partial charge in [0.25, 0.3) is 0 Å². The lowest BCUT2D eigenvalue weighted by atomic mass is 10.0. The largest absolute Gasteiger partial charge is 0.374 e. The second-order valence-corrected chi connectivity index (χ2v) is 4.97. The molecular formula is C15H26N2. The summed E-state index contributed by atoms with van der Waals surface area (Å²) in [6.07, 6.45) is 2.19. The van der Waals surface area contributed by atoms with Crippen molar-refractivity contribution < 1.29 is 0 Å². The fraction of sp³-hybridized carbons (Fsp3) is 0.600. The van der Waals surface area contributed by atoms with Crippen molar-refractivity contribution in [2.45, 2.75) is 39.7 Å². The van der Waals surface area contributed by atoms with Gasteiger partial charge in [0.15, 0.2) is 0 Å². The van der Waals surface area contributed by atoms with Crippen molar-refractivity contribution in [1.29, 1.82) is 0 Å². The Bertz CT molecular complexity index is 335. The van der Waals surface area contributed by atoms with Gasteiger partial charge in [0, 0.05) is 25.3 Å². The number of nitrogens with two attached hydrogens (primary N) is 1. The van der Waals surface area contributed by atoms with Gasteiger partial charge in [0.2, 0.25) is 0 Å². The van der Waals surface area contributed by atoms with Gasteiger partial charge in [-0.2, -0.15) is 0 Å². The third kappa shape index (κ3) is 3.74. The molecule has 0 aromatic heterocycles. The highest BCUT2D eigenvalue weighted by Gasteiger charge is 2.13. The SMILES string of the molecule is CCC(C)CN(C)c1ccccc1[C@@H](N)CC. The number of para-hydroxylation sites is 1. The lowest BCUT2D eigenvalue weighted by molar-refractivity contribution is 0.557. The van der Waals surface area contributed by atoms with E-state index < -0.39 is 0 Å². The zero-order valence-corrected chi connectivity index (χ0v) is 11.6. The molecule has 2 heteroatoms. The van der Waals surface area contributed by atoms with Crippen molar-refractivity contribution in [3.63, 3.8) is 0 Å². The second kappa shape index (κ2) is 6.65. The minimum absolute atomic E-state index is 0.144. The second-order valence-electron chi connectivity index (χ2n) is 4.97. The van der Waals surface area contributed by atoms with Crippen LogP contribution >= 0.6 is 0 Å². The monoisotopic (exact) mass is 234 g/mol. The minimum atomic E-state index is 0.144. The third-order valence-corrected chi connectivity index (χ3v) is 3.47. The Morgan fingerprint density at radius 1 is 1.18 bits per heavy atom. The summed E-state index contributed by atoms with van der Waals surface area (Å²) in [7, 11) is 2.16. The Kier molecular flexibility index (Phi) is 5.49.